The van der Waals surface area contributed by atoms with Gasteiger partial charge in [0.15, 0.2) is 0 Å². The molecule has 0 aliphatic carbocycles. The monoisotopic (exact) mass is 476 g/mol. The van der Waals surface area contributed by atoms with Crippen LogP contribution in [0.3, 0.4) is 0 Å². The van der Waals surface area contributed by atoms with Crippen LogP contribution in [0.25, 0.3) is 0 Å². The molecule has 0 saturated heterocycles. The zero-order chi connectivity index (χ0) is 22.8. The molecule has 160 valence electrons. The summed E-state index contributed by atoms with van der Waals surface area (Å²) in [7, 11) is -1.86. The average Bonchev–Trinajstić information content (AvgIpc) is 2.80. The van der Waals surface area contributed by atoms with E-state index in [4.69, 9.17) is 32.7 Å². The smallest absolute Gasteiger partial charge is 0.251 e. The van der Waals surface area contributed by atoms with Gasteiger partial charge in [-0.2, -0.15) is 0 Å². The largest absolute Gasteiger partial charge is 0.496 e. The van der Waals surface area contributed by atoms with Gasteiger partial charge in [-0.15, -0.1) is 0 Å². The molecule has 0 aliphatic rings. The van der Waals surface area contributed by atoms with Crippen molar-refractivity contribution in [1.82, 2.24) is 0 Å². The fraction of sp³-hybridized carbons (Fsp3) is 0.130. The van der Waals surface area contributed by atoms with Crippen LogP contribution in [0.2, 0.25) is 10.0 Å². The molecule has 5 nitrogen and oxygen atoms in total. The maximum atomic E-state index is 14.6. The van der Waals surface area contributed by atoms with Crippen LogP contribution in [0.4, 0.5) is 0 Å². The molecular weight excluding hydrogens is 458 g/mol. The van der Waals surface area contributed by atoms with Crippen LogP contribution in [0.5, 0.6) is 11.5 Å². The molecule has 1 atom stereocenters. The normalized spacial score (nSPS) is 12.7. The van der Waals surface area contributed by atoms with E-state index in [2.05, 4.69) is 0 Å². The predicted molar refractivity (Wildman–Crippen MR) is 123 cm³/mol. The molecule has 3 rings (SSSR count). The van der Waals surface area contributed by atoms with Crippen molar-refractivity contribution in [3.05, 3.63) is 87.4 Å². The first-order chi connectivity index (χ1) is 14.8. The number of ether oxygens (including phenoxy) is 2. The standard InChI is InChI=1S/C23H19Cl2O5P/c1-14-12-13-16(24)21(20(14)25)31(28,22(26)15-8-5-4-6-9-15)23(27)19-17(29-2)10-7-11-18(19)30-3/h4-13H,1-3H3. The number of methoxy groups -OCH3 is 2. The maximum Gasteiger partial charge on any atom is 0.251 e. The van der Waals surface area contributed by atoms with Crippen molar-refractivity contribution < 1.29 is 23.6 Å². The van der Waals surface area contributed by atoms with E-state index in [1.807, 2.05) is 0 Å². The van der Waals surface area contributed by atoms with Gasteiger partial charge in [0.1, 0.15) is 17.1 Å². The molecule has 31 heavy (non-hydrogen) atoms. The first-order valence-electron chi connectivity index (χ1n) is 9.18. The molecule has 0 saturated carbocycles. The van der Waals surface area contributed by atoms with E-state index in [1.165, 1.54) is 44.6 Å². The second-order valence-corrected chi connectivity index (χ2v) is 9.91. The highest BCUT2D eigenvalue weighted by Crippen LogP contribution is 2.56. The zero-order valence-electron chi connectivity index (χ0n) is 17.0. The molecule has 0 heterocycles. The third kappa shape index (κ3) is 4.01. The lowest BCUT2D eigenvalue weighted by Crippen LogP contribution is -2.23. The fourth-order valence-electron chi connectivity index (χ4n) is 3.21. The Labute approximate surface area is 190 Å². The molecule has 0 spiro atoms. The zero-order valence-corrected chi connectivity index (χ0v) is 19.4. The van der Waals surface area contributed by atoms with Crippen molar-refractivity contribution in [3.63, 3.8) is 0 Å². The summed E-state index contributed by atoms with van der Waals surface area (Å²) in [6.45, 7) is 1.67. The van der Waals surface area contributed by atoms with Crippen molar-refractivity contribution in [2.75, 3.05) is 14.2 Å². The number of hydrogen-bond acceptors (Lipinski definition) is 5. The van der Waals surface area contributed by atoms with Crippen LogP contribution < -0.4 is 14.8 Å². The second-order valence-electron chi connectivity index (χ2n) is 6.65. The molecule has 0 radical (unpaired) electrons. The number of carbonyl (C=O) groups excluding carboxylic acids is 2. The van der Waals surface area contributed by atoms with Crippen LogP contribution in [0.1, 0.15) is 26.3 Å². The first-order valence-corrected chi connectivity index (χ1v) is 11.6. The highest BCUT2D eigenvalue weighted by atomic mass is 35.5. The van der Waals surface area contributed by atoms with Gasteiger partial charge >= 0.3 is 0 Å². The van der Waals surface area contributed by atoms with E-state index in [-0.39, 0.29) is 38.0 Å². The van der Waals surface area contributed by atoms with Gasteiger partial charge in [0.25, 0.3) is 7.14 Å². The third-order valence-electron chi connectivity index (χ3n) is 4.81. The van der Waals surface area contributed by atoms with Gasteiger partial charge in [-0.05, 0) is 30.7 Å². The number of hydrogen-bond donors (Lipinski definition) is 0. The Kier molecular flexibility index (Phi) is 6.90. The SMILES string of the molecule is COc1cccc(OC)c1C(=O)P(=O)(C(=O)c1ccccc1)c1c(Cl)ccc(C)c1Cl. The van der Waals surface area contributed by atoms with Crippen molar-refractivity contribution >= 4 is 46.7 Å². The summed E-state index contributed by atoms with van der Waals surface area (Å²) in [5, 5.41) is -0.226. The number of carbonyl (C=O) groups is 2. The fourth-order valence-corrected chi connectivity index (χ4v) is 6.76. The van der Waals surface area contributed by atoms with Crippen molar-refractivity contribution in [3.8, 4) is 11.5 Å². The van der Waals surface area contributed by atoms with E-state index >= 15 is 0 Å². The Bertz CT molecular complexity index is 1190. The molecule has 3 aromatic carbocycles. The molecule has 0 amide bonds. The van der Waals surface area contributed by atoms with Crippen LogP contribution in [0, 0.1) is 6.92 Å². The molecule has 0 bridgehead atoms. The molecule has 0 fully saturated rings. The average molecular weight is 477 g/mol. The number of benzene rings is 3. The van der Waals surface area contributed by atoms with Crippen LogP contribution in [-0.2, 0) is 4.57 Å². The molecule has 8 heteroatoms. The van der Waals surface area contributed by atoms with E-state index in [0.29, 0.717) is 5.56 Å². The Morgan fingerprint density at radius 2 is 1.39 bits per heavy atom. The molecule has 3 aromatic rings. The van der Waals surface area contributed by atoms with Gasteiger partial charge in [-0.25, -0.2) is 0 Å². The molecule has 0 aliphatic heterocycles. The van der Waals surface area contributed by atoms with Crippen molar-refractivity contribution in [2.45, 2.75) is 6.92 Å². The second kappa shape index (κ2) is 9.27. The molecule has 0 aromatic heterocycles. The van der Waals surface area contributed by atoms with E-state index < -0.39 is 18.2 Å². The van der Waals surface area contributed by atoms with Crippen molar-refractivity contribution in [2.24, 2.45) is 0 Å². The Morgan fingerprint density at radius 3 is 1.94 bits per heavy atom. The molecule has 1 unspecified atom stereocenters. The first kappa shape index (κ1) is 23.1. The number of halogens is 2. The van der Waals surface area contributed by atoms with Crippen LogP contribution in [0.15, 0.2) is 60.7 Å². The summed E-state index contributed by atoms with van der Waals surface area (Å²) in [6.07, 6.45) is 0. The Balaban J connectivity index is 2.40. The molecule has 0 N–H and O–H groups in total. The summed E-state index contributed by atoms with van der Waals surface area (Å²) in [4.78, 5) is 27.5. The third-order valence-corrected chi connectivity index (χ3v) is 8.60. The van der Waals surface area contributed by atoms with Crippen molar-refractivity contribution in [1.29, 1.82) is 0 Å². The maximum absolute atomic E-state index is 14.6. The Hall–Kier alpha value is -2.59. The minimum absolute atomic E-state index is 0.00216. The lowest BCUT2D eigenvalue weighted by Gasteiger charge is -2.22. The van der Waals surface area contributed by atoms with E-state index in [1.54, 1.807) is 37.3 Å². The highest BCUT2D eigenvalue weighted by Gasteiger charge is 2.47. The van der Waals surface area contributed by atoms with Gasteiger partial charge in [0.2, 0.25) is 11.0 Å². The minimum Gasteiger partial charge on any atom is -0.496 e. The van der Waals surface area contributed by atoms with Gasteiger partial charge < -0.3 is 14.0 Å². The summed E-state index contributed by atoms with van der Waals surface area (Å²) in [5.74, 6) is 0.232. The van der Waals surface area contributed by atoms with E-state index in [9.17, 15) is 14.2 Å². The van der Waals surface area contributed by atoms with Gasteiger partial charge in [-0.3, -0.25) is 9.59 Å². The number of rotatable bonds is 7. The lowest BCUT2D eigenvalue weighted by molar-refractivity contribution is 0.103. The summed E-state index contributed by atoms with van der Waals surface area (Å²) < 4.78 is 25.2. The summed E-state index contributed by atoms with van der Waals surface area (Å²) in [5.41, 5.74) is -1.33. The Morgan fingerprint density at radius 1 is 0.806 bits per heavy atom. The highest BCUT2D eigenvalue weighted by molar-refractivity contribution is 8.01. The van der Waals surface area contributed by atoms with Gasteiger partial charge in [0.05, 0.1) is 29.6 Å². The topological polar surface area (TPSA) is 69.7 Å². The van der Waals surface area contributed by atoms with Crippen LogP contribution >= 0.6 is 30.3 Å². The summed E-state index contributed by atoms with van der Waals surface area (Å²) >= 11 is 12.8. The number of aryl methyl sites for hydroxylation is 1. The van der Waals surface area contributed by atoms with Gasteiger partial charge in [-0.1, -0.05) is 65.7 Å². The minimum atomic E-state index is -4.58. The lowest BCUT2D eigenvalue weighted by atomic mass is 10.2. The predicted octanol–water partition coefficient (Wildman–Crippen LogP) is 5.99. The molecular formula is C23H19Cl2O5P. The van der Waals surface area contributed by atoms with Crippen LogP contribution in [-0.4, -0.2) is 25.3 Å². The summed E-state index contributed by atoms with van der Waals surface area (Å²) in [6, 6.07) is 15.7. The van der Waals surface area contributed by atoms with E-state index in [0.717, 1.165) is 0 Å². The quantitative estimate of drug-likeness (QED) is 0.391. The van der Waals surface area contributed by atoms with Gasteiger partial charge in [0, 0.05) is 5.56 Å².